The molecule has 0 aliphatic heterocycles. The molecule has 128 valence electrons. The smallest absolute Gasteiger partial charge is 0.303 e. The minimum Gasteiger partial charge on any atom is -0.481 e. The molecule has 23 heavy (non-hydrogen) atoms. The van der Waals surface area contributed by atoms with Crippen LogP contribution in [0.4, 0.5) is 0 Å². The Morgan fingerprint density at radius 2 is 1.52 bits per heavy atom. The molecule has 0 spiro atoms. The Labute approximate surface area is 140 Å². The Bertz CT molecular complexity index is 428. The first-order valence-corrected chi connectivity index (χ1v) is 8.54. The molecule has 3 heteroatoms. The third-order valence-corrected chi connectivity index (χ3v) is 3.20. The summed E-state index contributed by atoms with van der Waals surface area (Å²) in [6.07, 6.45) is 23.0. The highest BCUT2D eigenvalue weighted by Gasteiger charge is 1.94. The highest BCUT2D eigenvalue weighted by Crippen LogP contribution is 2.01. The second kappa shape index (κ2) is 16.5. The molecule has 0 fully saturated rings. The third-order valence-electron chi connectivity index (χ3n) is 3.20. The van der Waals surface area contributed by atoms with Crippen LogP contribution in [0.15, 0.2) is 48.6 Å². The Morgan fingerprint density at radius 3 is 2.22 bits per heavy atom. The van der Waals surface area contributed by atoms with E-state index in [0.717, 1.165) is 38.5 Å². The maximum absolute atomic E-state index is 11.5. The first-order chi connectivity index (χ1) is 11.2. The molecule has 0 saturated carbocycles. The fourth-order valence-corrected chi connectivity index (χ4v) is 1.89. The zero-order chi connectivity index (χ0) is 17.2. The van der Waals surface area contributed by atoms with E-state index in [1.807, 2.05) is 24.3 Å². The molecule has 0 aromatic rings. The number of carbonyl (C=O) groups excluding carboxylic acids is 1. The van der Waals surface area contributed by atoms with Crippen molar-refractivity contribution in [1.82, 2.24) is 0 Å². The number of ketones is 1. The van der Waals surface area contributed by atoms with Crippen molar-refractivity contribution in [3.63, 3.8) is 0 Å². The van der Waals surface area contributed by atoms with Crippen LogP contribution in [0.2, 0.25) is 0 Å². The van der Waals surface area contributed by atoms with Gasteiger partial charge in [-0.25, -0.2) is 0 Å². The van der Waals surface area contributed by atoms with E-state index in [9.17, 15) is 9.59 Å². The van der Waals surface area contributed by atoms with E-state index in [1.54, 1.807) is 6.08 Å². The zero-order valence-corrected chi connectivity index (χ0v) is 14.2. The first-order valence-electron chi connectivity index (χ1n) is 8.54. The standard InChI is InChI=1S/C20H30O3/c1-2-3-13-16-19(21)17-14-11-9-7-5-4-6-8-10-12-15-18-20(22)23/h4-5,8-11,14,17H,2-3,6-7,12-13,15-16,18H2,1H3,(H,22,23)/b5-4-,10-8-,11-9-,17-14+. The lowest BCUT2D eigenvalue weighted by molar-refractivity contribution is -0.137. The van der Waals surface area contributed by atoms with Crippen LogP contribution in [-0.2, 0) is 9.59 Å². The van der Waals surface area contributed by atoms with E-state index >= 15 is 0 Å². The Balaban J connectivity index is 3.59. The number of hydrogen-bond donors (Lipinski definition) is 1. The summed E-state index contributed by atoms with van der Waals surface area (Å²) < 4.78 is 0. The zero-order valence-electron chi connectivity index (χ0n) is 14.2. The van der Waals surface area contributed by atoms with E-state index < -0.39 is 5.97 Å². The van der Waals surface area contributed by atoms with Crippen molar-refractivity contribution >= 4 is 11.8 Å². The van der Waals surface area contributed by atoms with E-state index in [1.165, 1.54) is 0 Å². The van der Waals surface area contributed by atoms with Gasteiger partial charge in [-0.3, -0.25) is 9.59 Å². The van der Waals surface area contributed by atoms with Gasteiger partial charge in [0.25, 0.3) is 0 Å². The molecule has 1 N–H and O–H groups in total. The number of aliphatic carboxylic acids is 1. The van der Waals surface area contributed by atoms with Crippen LogP contribution in [-0.4, -0.2) is 16.9 Å². The molecule has 0 rings (SSSR count). The van der Waals surface area contributed by atoms with Crippen molar-refractivity contribution < 1.29 is 14.7 Å². The van der Waals surface area contributed by atoms with Crippen LogP contribution in [0, 0.1) is 0 Å². The number of hydrogen-bond acceptors (Lipinski definition) is 2. The van der Waals surface area contributed by atoms with Crippen molar-refractivity contribution in [2.24, 2.45) is 0 Å². The van der Waals surface area contributed by atoms with Crippen molar-refractivity contribution in [3.8, 4) is 0 Å². The van der Waals surface area contributed by atoms with Gasteiger partial charge >= 0.3 is 5.97 Å². The van der Waals surface area contributed by atoms with Gasteiger partial charge in [0.1, 0.15) is 0 Å². The molecule has 0 atom stereocenters. The van der Waals surface area contributed by atoms with E-state index in [2.05, 4.69) is 25.2 Å². The van der Waals surface area contributed by atoms with Crippen LogP contribution < -0.4 is 0 Å². The highest BCUT2D eigenvalue weighted by molar-refractivity contribution is 5.89. The fourth-order valence-electron chi connectivity index (χ4n) is 1.89. The molecule has 0 bridgehead atoms. The van der Waals surface area contributed by atoms with Gasteiger partial charge in [-0.1, -0.05) is 62.3 Å². The fraction of sp³-hybridized carbons (Fsp3) is 0.500. The van der Waals surface area contributed by atoms with E-state index in [-0.39, 0.29) is 12.2 Å². The summed E-state index contributed by atoms with van der Waals surface area (Å²) in [5.74, 6) is -0.534. The Hall–Kier alpha value is -1.90. The first kappa shape index (κ1) is 21.1. The average molecular weight is 318 g/mol. The van der Waals surface area contributed by atoms with Gasteiger partial charge in [0.15, 0.2) is 5.78 Å². The quantitative estimate of drug-likeness (QED) is 0.202. The van der Waals surface area contributed by atoms with Crippen molar-refractivity contribution in [3.05, 3.63) is 48.6 Å². The molecule has 0 aromatic carbocycles. The van der Waals surface area contributed by atoms with Crippen LogP contribution >= 0.6 is 0 Å². The molecular formula is C20H30O3. The summed E-state index contributed by atoms with van der Waals surface area (Å²) in [5.41, 5.74) is 0. The summed E-state index contributed by atoms with van der Waals surface area (Å²) in [4.78, 5) is 21.8. The Kier molecular flexibility index (Phi) is 15.1. The minimum absolute atomic E-state index is 0.201. The SMILES string of the molecule is CCCCCC(=O)/C=C/C=C\C/C=C\C/C=C\CCCC(=O)O. The minimum atomic E-state index is -0.734. The van der Waals surface area contributed by atoms with Crippen LogP contribution in [0.5, 0.6) is 0 Å². The summed E-state index contributed by atoms with van der Waals surface area (Å²) in [6, 6.07) is 0. The normalized spacial score (nSPS) is 12.2. The lowest BCUT2D eigenvalue weighted by atomic mass is 10.1. The topological polar surface area (TPSA) is 54.4 Å². The van der Waals surface area contributed by atoms with Gasteiger partial charge in [-0.2, -0.15) is 0 Å². The maximum Gasteiger partial charge on any atom is 0.303 e. The van der Waals surface area contributed by atoms with Crippen molar-refractivity contribution in [2.45, 2.75) is 64.7 Å². The molecule has 3 nitrogen and oxygen atoms in total. The molecule has 0 aromatic heterocycles. The maximum atomic E-state index is 11.5. The summed E-state index contributed by atoms with van der Waals surface area (Å²) in [6.45, 7) is 2.13. The van der Waals surface area contributed by atoms with E-state index in [0.29, 0.717) is 12.8 Å². The van der Waals surface area contributed by atoms with Gasteiger partial charge in [0.05, 0.1) is 0 Å². The largest absolute Gasteiger partial charge is 0.481 e. The number of rotatable bonds is 14. The molecule has 0 aliphatic rings. The van der Waals surface area contributed by atoms with Gasteiger partial charge in [-0.05, 0) is 38.2 Å². The average Bonchev–Trinajstić information content (AvgIpc) is 2.51. The number of carbonyl (C=O) groups is 2. The summed E-state index contributed by atoms with van der Waals surface area (Å²) in [5, 5.41) is 8.49. The number of carboxylic acid groups (broad SMARTS) is 1. The second-order valence-electron chi connectivity index (χ2n) is 5.41. The van der Waals surface area contributed by atoms with Gasteiger partial charge in [0, 0.05) is 12.8 Å². The number of carboxylic acids is 1. The number of unbranched alkanes of at least 4 members (excludes halogenated alkanes) is 3. The van der Waals surface area contributed by atoms with Crippen LogP contribution in [0.1, 0.15) is 64.7 Å². The predicted molar refractivity (Wildman–Crippen MR) is 96.4 cm³/mol. The third kappa shape index (κ3) is 18.1. The second-order valence-corrected chi connectivity index (χ2v) is 5.41. The van der Waals surface area contributed by atoms with Crippen molar-refractivity contribution in [2.75, 3.05) is 0 Å². The molecular weight excluding hydrogens is 288 g/mol. The van der Waals surface area contributed by atoms with Crippen LogP contribution in [0.3, 0.4) is 0 Å². The molecule has 0 radical (unpaired) electrons. The molecule has 0 amide bonds. The van der Waals surface area contributed by atoms with Gasteiger partial charge in [-0.15, -0.1) is 0 Å². The number of allylic oxidation sites excluding steroid dienone is 8. The van der Waals surface area contributed by atoms with Crippen LogP contribution in [0.25, 0.3) is 0 Å². The lowest BCUT2D eigenvalue weighted by Gasteiger charge is -1.92. The van der Waals surface area contributed by atoms with Gasteiger partial charge < -0.3 is 5.11 Å². The Morgan fingerprint density at radius 1 is 0.826 bits per heavy atom. The lowest BCUT2D eigenvalue weighted by Crippen LogP contribution is -1.92. The summed E-state index contributed by atoms with van der Waals surface area (Å²) in [7, 11) is 0. The molecule has 0 heterocycles. The summed E-state index contributed by atoms with van der Waals surface area (Å²) >= 11 is 0. The molecule has 0 unspecified atom stereocenters. The van der Waals surface area contributed by atoms with Gasteiger partial charge in [0.2, 0.25) is 0 Å². The van der Waals surface area contributed by atoms with E-state index in [4.69, 9.17) is 5.11 Å². The molecule has 0 aliphatic carbocycles. The molecule has 0 saturated heterocycles. The van der Waals surface area contributed by atoms with Crippen molar-refractivity contribution in [1.29, 1.82) is 0 Å². The highest BCUT2D eigenvalue weighted by atomic mass is 16.4. The predicted octanol–water partition coefficient (Wildman–Crippen LogP) is 5.40. The monoisotopic (exact) mass is 318 g/mol.